The minimum atomic E-state index is -0.171. The van der Waals surface area contributed by atoms with Crippen molar-refractivity contribution in [3.63, 3.8) is 0 Å². The molecule has 1 saturated heterocycles. The Hall–Kier alpha value is -1.73. The van der Waals surface area contributed by atoms with E-state index < -0.39 is 0 Å². The number of guanidine groups is 1. The number of pyridine rings is 1. The molecule has 0 bridgehead atoms. The monoisotopic (exact) mass is 387 g/mol. The van der Waals surface area contributed by atoms with Gasteiger partial charge in [-0.2, -0.15) is 0 Å². The minimum Gasteiger partial charge on any atom is -0.469 e. The van der Waals surface area contributed by atoms with E-state index in [1.54, 1.807) is 19.3 Å². The molecular weight excluding hydrogens is 365 g/mol. The Morgan fingerprint density at radius 1 is 1.44 bits per heavy atom. The number of anilines is 1. The van der Waals surface area contributed by atoms with Gasteiger partial charge in [-0.25, -0.2) is 4.98 Å². The number of nitrogens with zero attached hydrogens (tertiary/aromatic N) is 3. The van der Waals surface area contributed by atoms with E-state index in [9.17, 15) is 4.79 Å². The number of nitrogens with one attached hydrogen (secondary N) is 2. The number of aromatic nitrogens is 1. The average Bonchev–Trinajstić information content (AvgIpc) is 2.97. The summed E-state index contributed by atoms with van der Waals surface area (Å²) >= 11 is 11.9. The number of carbonyl (C=O) groups is 1. The predicted molar refractivity (Wildman–Crippen MR) is 100 cm³/mol. The molecule has 1 fully saturated rings. The Bertz CT molecular complexity index is 641. The van der Waals surface area contributed by atoms with E-state index in [0.717, 1.165) is 12.5 Å². The van der Waals surface area contributed by atoms with Crippen molar-refractivity contribution in [1.29, 1.82) is 0 Å². The SMILES string of the molecule is CN=C(NCCNc1ncc(Cl)cc1Cl)N1CC(C)C(C(=O)OC)C1. The summed E-state index contributed by atoms with van der Waals surface area (Å²) < 4.78 is 4.87. The number of aliphatic imine (C=N–C) groups is 1. The summed E-state index contributed by atoms with van der Waals surface area (Å²) in [7, 11) is 3.15. The molecule has 0 aromatic carbocycles. The first-order chi connectivity index (χ1) is 12.0. The van der Waals surface area contributed by atoms with Crippen molar-refractivity contribution in [2.75, 3.05) is 45.7 Å². The molecule has 1 aliphatic rings. The molecule has 9 heteroatoms. The van der Waals surface area contributed by atoms with E-state index in [-0.39, 0.29) is 17.8 Å². The lowest BCUT2D eigenvalue weighted by atomic mass is 9.99. The summed E-state index contributed by atoms with van der Waals surface area (Å²) in [6, 6.07) is 1.64. The molecule has 0 amide bonds. The molecule has 7 nitrogen and oxygen atoms in total. The van der Waals surface area contributed by atoms with Crippen molar-refractivity contribution in [3.05, 3.63) is 22.3 Å². The zero-order chi connectivity index (χ0) is 18.4. The maximum absolute atomic E-state index is 11.8. The third-order valence-corrected chi connectivity index (χ3v) is 4.63. The number of likely N-dealkylation sites (tertiary alicyclic amines) is 1. The number of rotatable bonds is 5. The third-order valence-electron chi connectivity index (χ3n) is 4.14. The number of ether oxygens (including phenoxy) is 1. The van der Waals surface area contributed by atoms with Crippen molar-refractivity contribution in [1.82, 2.24) is 15.2 Å². The van der Waals surface area contributed by atoms with Crippen molar-refractivity contribution >= 4 is 40.9 Å². The summed E-state index contributed by atoms with van der Waals surface area (Å²) in [5.74, 6) is 1.27. The van der Waals surface area contributed by atoms with Gasteiger partial charge in [-0.15, -0.1) is 0 Å². The molecule has 1 aromatic heterocycles. The Labute approximate surface area is 157 Å². The van der Waals surface area contributed by atoms with Crippen molar-refractivity contribution in [2.24, 2.45) is 16.8 Å². The fourth-order valence-corrected chi connectivity index (χ4v) is 3.28. The smallest absolute Gasteiger partial charge is 0.310 e. The summed E-state index contributed by atoms with van der Waals surface area (Å²) in [6.45, 7) is 4.64. The van der Waals surface area contributed by atoms with Gasteiger partial charge in [0.05, 0.1) is 23.1 Å². The first-order valence-corrected chi connectivity index (χ1v) is 8.80. The van der Waals surface area contributed by atoms with Gasteiger partial charge >= 0.3 is 5.97 Å². The number of carbonyl (C=O) groups excluding carboxylic acids is 1. The van der Waals surface area contributed by atoms with Crippen LogP contribution in [0.15, 0.2) is 17.3 Å². The Kier molecular flexibility index (Phi) is 7.13. The number of hydrogen-bond donors (Lipinski definition) is 2. The number of esters is 1. The molecule has 1 aliphatic heterocycles. The van der Waals surface area contributed by atoms with E-state index >= 15 is 0 Å². The van der Waals surface area contributed by atoms with Gasteiger partial charge in [0.15, 0.2) is 5.96 Å². The van der Waals surface area contributed by atoms with E-state index in [0.29, 0.717) is 35.5 Å². The molecule has 2 atom stereocenters. The van der Waals surface area contributed by atoms with Gasteiger partial charge in [0, 0.05) is 39.4 Å². The fraction of sp³-hybridized carbons (Fsp3) is 0.562. The zero-order valence-electron chi connectivity index (χ0n) is 14.6. The predicted octanol–water partition coefficient (Wildman–Crippen LogP) is 2.12. The topological polar surface area (TPSA) is 78.9 Å². The zero-order valence-corrected chi connectivity index (χ0v) is 16.1. The van der Waals surface area contributed by atoms with Crippen LogP contribution in [0, 0.1) is 11.8 Å². The van der Waals surface area contributed by atoms with Crippen molar-refractivity contribution < 1.29 is 9.53 Å². The summed E-state index contributed by atoms with van der Waals surface area (Å²) in [5.41, 5.74) is 0. The number of methoxy groups -OCH3 is 1. The molecule has 0 aliphatic carbocycles. The second kappa shape index (κ2) is 9.10. The van der Waals surface area contributed by atoms with Gasteiger partial charge in [0.25, 0.3) is 0 Å². The van der Waals surface area contributed by atoms with Crippen LogP contribution >= 0.6 is 23.2 Å². The highest BCUT2D eigenvalue weighted by atomic mass is 35.5. The Balaban J connectivity index is 1.82. The number of hydrogen-bond acceptors (Lipinski definition) is 5. The molecular formula is C16H23Cl2N5O2. The fourth-order valence-electron chi connectivity index (χ4n) is 2.83. The molecule has 1 aromatic rings. The van der Waals surface area contributed by atoms with Gasteiger partial charge in [-0.1, -0.05) is 30.1 Å². The van der Waals surface area contributed by atoms with Crippen molar-refractivity contribution in [3.8, 4) is 0 Å². The first-order valence-electron chi connectivity index (χ1n) is 8.04. The van der Waals surface area contributed by atoms with E-state index in [1.807, 2.05) is 6.92 Å². The van der Waals surface area contributed by atoms with E-state index in [4.69, 9.17) is 27.9 Å². The third kappa shape index (κ3) is 5.12. The van der Waals surface area contributed by atoms with Crippen LogP contribution in [-0.4, -0.2) is 62.1 Å². The molecule has 2 N–H and O–H groups in total. The van der Waals surface area contributed by atoms with Crippen LogP contribution in [0.3, 0.4) is 0 Å². The van der Waals surface area contributed by atoms with Crippen LogP contribution in [0.1, 0.15) is 6.92 Å². The molecule has 25 heavy (non-hydrogen) atoms. The molecule has 2 unspecified atom stereocenters. The first kappa shape index (κ1) is 19.6. The lowest BCUT2D eigenvalue weighted by Crippen LogP contribution is -2.42. The van der Waals surface area contributed by atoms with Crippen LogP contribution in [-0.2, 0) is 9.53 Å². The van der Waals surface area contributed by atoms with Gasteiger partial charge < -0.3 is 20.3 Å². The van der Waals surface area contributed by atoms with Crippen LogP contribution in [0.4, 0.5) is 5.82 Å². The van der Waals surface area contributed by atoms with Crippen LogP contribution < -0.4 is 10.6 Å². The van der Waals surface area contributed by atoms with Gasteiger partial charge in [0.2, 0.25) is 0 Å². The van der Waals surface area contributed by atoms with Crippen LogP contribution in [0.2, 0.25) is 10.0 Å². The maximum atomic E-state index is 11.8. The van der Waals surface area contributed by atoms with Gasteiger partial charge in [-0.05, 0) is 12.0 Å². The Morgan fingerprint density at radius 2 is 2.20 bits per heavy atom. The summed E-state index contributed by atoms with van der Waals surface area (Å²) in [5, 5.41) is 7.39. The average molecular weight is 388 g/mol. The second-order valence-electron chi connectivity index (χ2n) is 5.90. The van der Waals surface area contributed by atoms with Crippen LogP contribution in [0.5, 0.6) is 0 Å². The second-order valence-corrected chi connectivity index (χ2v) is 6.74. The molecule has 0 saturated carbocycles. The number of halogens is 2. The molecule has 0 radical (unpaired) electrons. The van der Waals surface area contributed by atoms with Crippen LogP contribution in [0.25, 0.3) is 0 Å². The Morgan fingerprint density at radius 3 is 2.84 bits per heavy atom. The molecule has 2 heterocycles. The quantitative estimate of drug-likeness (QED) is 0.348. The standard InChI is InChI=1S/C16H23Cl2N5O2/c1-10-8-23(9-12(10)15(24)25-3)16(19-2)21-5-4-20-14-13(18)6-11(17)7-22-14/h6-7,10,12H,4-5,8-9H2,1-3H3,(H,19,21)(H,20,22). The van der Waals surface area contributed by atoms with Gasteiger partial charge in [-0.3, -0.25) is 9.79 Å². The highest BCUT2D eigenvalue weighted by molar-refractivity contribution is 6.35. The van der Waals surface area contributed by atoms with Crippen molar-refractivity contribution in [2.45, 2.75) is 6.92 Å². The summed E-state index contributed by atoms with van der Waals surface area (Å²) in [4.78, 5) is 22.3. The highest BCUT2D eigenvalue weighted by Gasteiger charge is 2.36. The lowest BCUT2D eigenvalue weighted by Gasteiger charge is -2.21. The lowest BCUT2D eigenvalue weighted by molar-refractivity contribution is -0.145. The highest BCUT2D eigenvalue weighted by Crippen LogP contribution is 2.24. The molecule has 0 spiro atoms. The molecule has 2 rings (SSSR count). The van der Waals surface area contributed by atoms with E-state index in [1.165, 1.54) is 7.11 Å². The minimum absolute atomic E-state index is 0.126. The molecule has 138 valence electrons. The maximum Gasteiger partial charge on any atom is 0.310 e. The van der Waals surface area contributed by atoms with E-state index in [2.05, 4.69) is 25.5 Å². The largest absolute Gasteiger partial charge is 0.469 e. The normalized spacial score (nSPS) is 20.5. The summed E-state index contributed by atoms with van der Waals surface area (Å²) in [6.07, 6.45) is 1.54. The van der Waals surface area contributed by atoms with Gasteiger partial charge in [0.1, 0.15) is 5.82 Å².